The summed E-state index contributed by atoms with van der Waals surface area (Å²) < 4.78 is 68.0. The number of benzene rings is 2. The Morgan fingerprint density at radius 1 is 1.11 bits per heavy atom. The number of sulfonamides is 1. The molecule has 0 fully saturated rings. The van der Waals surface area contributed by atoms with Gasteiger partial charge in [0.2, 0.25) is 10.0 Å². The van der Waals surface area contributed by atoms with Gasteiger partial charge in [0.1, 0.15) is 5.75 Å². The summed E-state index contributed by atoms with van der Waals surface area (Å²) in [6, 6.07) is 11.0. The minimum Gasteiger partial charge on any atom is -0.484 e. The number of amides is 1. The lowest BCUT2D eigenvalue weighted by Gasteiger charge is -2.15. The van der Waals surface area contributed by atoms with E-state index >= 15 is 0 Å². The van der Waals surface area contributed by atoms with Crippen molar-refractivity contribution < 1.29 is 31.1 Å². The summed E-state index contributed by atoms with van der Waals surface area (Å²) >= 11 is 0. The van der Waals surface area contributed by atoms with Crippen molar-refractivity contribution in [1.82, 2.24) is 4.31 Å². The fraction of sp³-hybridized carbons (Fsp3) is 0.278. The van der Waals surface area contributed by atoms with Gasteiger partial charge in [-0.2, -0.15) is 13.2 Å². The number of nitrogens with one attached hydrogen (secondary N) is 1. The van der Waals surface area contributed by atoms with Crippen molar-refractivity contribution in [3.8, 4) is 5.75 Å². The lowest BCUT2D eigenvalue weighted by atomic mass is 10.1. The molecule has 10 heteroatoms. The summed E-state index contributed by atoms with van der Waals surface area (Å²) in [5.41, 5.74) is -0.575. The molecule has 6 nitrogen and oxygen atoms in total. The molecule has 1 N–H and O–H groups in total. The Morgan fingerprint density at radius 3 is 2.29 bits per heavy atom. The zero-order chi connectivity index (χ0) is 20.9. The number of carbonyl (C=O) groups is 1. The first kappa shape index (κ1) is 21.7. The minimum absolute atomic E-state index is 0.174. The van der Waals surface area contributed by atoms with E-state index in [2.05, 4.69) is 5.32 Å². The van der Waals surface area contributed by atoms with E-state index in [4.69, 9.17) is 4.74 Å². The lowest BCUT2D eigenvalue weighted by molar-refractivity contribution is -0.137. The standard InChI is InChI=1S/C18H19F3N2O4S/c1-23(28(2,25)26)11-13-7-9-14(10-8-13)27-12-17(24)22-16-6-4-3-5-15(16)18(19,20)21/h3-10H,11-12H2,1-2H3,(H,22,24). The first-order valence-corrected chi connectivity index (χ1v) is 9.91. The highest BCUT2D eigenvalue weighted by Crippen LogP contribution is 2.34. The molecule has 0 aromatic heterocycles. The second kappa shape index (κ2) is 8.61. The number of carbonyl (C=O) groups excluding carboxylic acids is 1. The number of alkyl halides is 3. The second-order valence-corrected chi connectivity index (χ2v) is 8.13. The molecule has 28 heavy (non-hydrogen) atoms. The zero-order valence-corrected chi connectivity index (χ0v) is 16.0. The minimum atomic E-state index is -4.58. The van der Waals surface area contributed by atoms with Crippen molar-refractivity contribution in [2.24, 2.45) is 0 Å². The van der Waals surface area contributed by atoms with Gasteiger partial charge < -0.3 is 10.1 Å². The van der Waals surface area contributed by atoms with Crippen LogP contribution in [0.1, 0.15) is 11.1 Å². The van der Waals surface area contributed by atoms with Crippen LogP contribution in [0.5, 0.6) is 5.75 Å². The van der Waals surface area contributed by atoms with Gasteiger partial charge in [0, 0.05) is 13.6 Å². The fourth-order valence-corrected chi connectivity index (χ4v) is 2.62. The molecule has 0 atom stereocenters. The maximum atomic E-state index is 12.9. The molecule has 0 aliphatic rings. The van der Waals surface area contributed by atoms with Gasteiger partial charge in [-0.3, -0.25) is 4.79 Å². The highest BCUT2D eigenvalue weighted by molar-refractivity contribution is 7.88. The number of ether oxygens (including phenoxy) is 1. The van der Waals surface area contributed by atoms with Crippen molar-refractivity contribution in [2.75, 3.05) is 25.2 Å². The monoisotopic (exact) mass is 416 g/mol. The Kier molecular flexibility index (Phi) is 6.68. The predicted octanol–water partition coefficient (Wildman–Crippen LogP) is 3.11. The van der Waals surface area contributed by atoms with E-state index in [-0.39, 0.29) is 12.2 Å². The Hall–Kier alpha value is -2.59. The largest absolute Gasteiger partial charge is 0.484 e. The van der Waals surface area contributed by atoms with Crippen LogP contribution in [0.4, 0.5) is 18.9 Å². The molecule has 0 saturated heterocycles. The summed E-state index contributed by atoms with van der Waals surface area (Å²) in [6.07, 6.45) is -3.49. The van der Waals surface area contributed by atoms with Gasteiger partial charge in [-0.1, -0.05) is 24.3 Å². The lowest BCUT2D eigenvalue weighted by Crippen LogP contribution is -2.24. The van der Waals surface area contributed by atoms with Gasteiger partial charge >= 0.3 is 6.18 Å². The number of hydrogen-bond acceptors (Lipinski definition) is 4. The van der Waals surface area contributed by atoms with Crippen molar-refractivity contribution in [2.45, 2.75) is 12.7 Å². The third kappa shape index (κ3) is 6.24. The third-order valence-electron chi connectivity index (χ3n) is 3.77. The molecular formula is C18H19F3N2O4S. The number of rotatable bonds is 7. The van der Waals surface area contributed by atoms with Gasteiger partial charge in [-0.05, 0) is 29.8 Å². The van der Waals surface area contributed by atoms with E-state index in [0.717, 1.165) is 18.4 Å². The average molecular weight is 416 g/mol. The van der Waals surface area contributed by atoms with E-state index in [0.29, 0.717) is 11.3 Å². The molecule has 0 saturated carbocycles. The van der Waals surface area contributed by atoms with E-state index in [1.54, 1.807) is 24.3 Å². The van der Waals surface area contributed by atoms with Crippen molar-refractivity contribution in [1.29, 1.82) is 0 Å². The van der Waals surface area contributed by atoms with Crippen LogP contribution in [0.2, 0.25) is 0 Å². The Balaban J connectivity index is 1.93. The Bertz CT molecular complexity index is 929. The molecule has 0 aliphatic carbocycles. The zero-order valence-electron chi connectivity index (χ0n) is 15.2. The van der Waals surface area contributed by atoms with Crippen LogP contribution in [0, 0.1) is 0 Å². The first-order chi connectivity index (χ1) is 13.0. The molecule has 0 heterocycles. The van der Waals surface area contributed by atoms with Gasteiger partial charge in [-0.15, -0.1) is 0 Å². The smallest absolute Gasteiger partial charge is 0.418 e. The van der Waals surface area contributed by atoms with E-state index in [9.17, 15) is 26.4 Å². The van der Waals surface area contributed by atoms with Crippen molar-refractivity contribution >= 4 is 21.6 Å². The normalized spacial score (nSPS) is 12.1. The molecule has 0 spiro atoms. The molecule has 0 aliphatic heterocycles. The molecule has 2 aromatic carbocycles. The van der Waals surface area contributed by atoms with Crippen LogP contribution in [-0.2, 0) is 27.5 Å². The second-order valence-electron chi connectivity index (χ2n) is 6.04. The quantitative estimate of drug-likeness (QED) is 0.753. The van der Waals surface area contributed by atoms with E-state index in [1.165, 1.54) is 23.5 Å². The molecule has 152 valence electrons. The number of anilines is 1. The molecular weight excluding hydrogens is 397 g/mol. The van der Waals surface area contributed by atoms with E-state index < -0.39 is 34.3 Å². The Morgan fingerprint density at radius 2 is 1.71 bits per heavy atom. The highest BCUT2D eigenvalue weighted by Gasteiger charge is 2.33. The molecule has 2 rings (SSSR count). The van der Waals surface area contributed by atoms with Gasteiger partial charge in [0.25, 0.3) is 5.91 Å². The fourth-order valence-electron chi connectivity index (χ4n) is 2.24. The van der Waals surface area contributed by atoms with Gasteiger partial charge in [0.15, 0.2) is 6.61 Å². The molecule has 2 aromatic rings. The Labute approximate surface area is 161 Å². The van der Waals surface area contributed by atoms with Gasteiger partial charge in [-0.25, -0.2) is 12.7 Å². The maximum absolute atomic E-state index is 12.9. The van der Waals surface area contributed by atoms with Crippen molar-refractivity contribution in [3.63, 3.8) is 0 Å². The first-order valence-electron chi connectivity index (χ1n) is 8.06. The SMILES string of the molecule is CN(Cc1ccc(OCC(=O)Nc2ccccc2C(F)(F)F)cc1)S(C)(=O)=O. The molecule has 0 radical (unpaired) electrons. The van der Waals surface area contributed by atoms with Crippen LogP contribution in [-0.4, -0.2) is 38.5 Å². The summed E-state index contributed by atoms with van der Waals surface area (Å²) in [5, 5.41) is 2.18. The predicted molar refractivity (Wildman–Crippen MR) is 98.3 cm³/mol. The number of nitrogens with zero attached hydrogens (tertiary/aromatic N) is 1. The highest BCUT2D eigenvalue weighted by atomic mass is 32.2. The summed E-state index contributed by atoms with van der Waals surface area (Å²) in [7, 11) is -1.86. The number of halogens is 3. The van der Waals surface area contributed by atoms with Crippen LogP contribution >= 0.6 is 0 Å². The molecule has 0 bridgehead atoms. The maximum Gasteiger partial charge on any atom is 0.418 e. The number of hydrogen-bond donors (Lipinski definition) is 1. The number of para-hydroxylation sites is 1. The average Bonchev–Trinajstić information content (AvgIpc) is 2.60. The van der Waals surface area contributed by atoms with E-state index in [1.807, 2.05) is 0 Å². The van der Waals surface area contributed by atoms with Crippen LogP contribution < -0.4 is 10.1 Å². The summed E-state index contributed by atoms with van der Waals surface area (Å²) in [6.45, 7) is -0.303. The molecule has 1 amide bonds. The van der Waals surface area contributed by atoms with Crippen LogP contribution in [0.15, 0.2) is 48.5 Å². The molecule has 0 unspecified atom stereocenters. The topological polar surface area (TPSA) is 75.7 Å². The van der Waals surface area contributed by atoms with Crippen LogP contribution in [0.25, 0.3) is 0 Å². The summed E-state index contributed by atoms with van der Waals surface area (Å²) in [4.78, 5) is 11.9. The third-order valence-corrected chi connectivity index (χ3v) is 5.03. The van der Waals surface area contributed by atoms with Crippen LogP contribution in [0.3, 0.4) is 0 Å². The summed E-state index contributed by atoms with van der Waals surface area (Å²) in [5.74, 6) is -0.414. The van der Waals surface area contributed by atoms with Crippen molar-refractivity contribution in [3.05, 3.63) is 59.7 Å². The van der Waals surface area contributed by atoms with Gasteiger partial charge in [0.05, 0.1) is 17.5 Å².